The third-order valence-corrected chi connectivity index (χ3v) is 7.67. The maximum Gasteiger partial charge on any atom is 0.128 e. The Hall–Kier alpha value is -2.53. The van der Waals surface area contributed by atoms with Gasteiger partial charge in [-0.3, -0.25) is 0 Å². The first-order chi connectivity index (χ1) is 11.7. The summed E-state index contributed by atoms with van der Waals surface area (Å²) in [6.45, 7) is -2.41. The fraction of sp³-hybridized carbons (Fsp3) is 0.0952. The summed E-state index contributed by atoms with van der Waals surface area (Å²) in [5.74, 6) is 0. The number of anilines is 1. The molecule has 126 valence electrons. The number of benzene rings is 3. The lowest BCUT2D eigenvalue weighted by Crippen LogP contribution is -2.26. The Balaban J connectivity index is 0.00000225. The quantitative estimate of drug-likeness (QED) is 0.673. The lowest BCUT2D eigenvalue weighted by atomic mass is 10.3. The zero-order valence-corrected chi connectivity index (χ0v) is 14.8. The molecule has 0 saturated carbocycles. The highest BCUT2D eigenvalue weighted by atomic mass is 31.2. The third-order valence-electron chi connectivity index (χ3n) is 4.18. The van der Waals surface area contributed by atoms with E-state index < -0.39 is 6.89 Å². The Labute approximate surface area is 147 Å². The Kier molecular flexibility index (Phi) is 4.71. The molecule has 0 aromatic heterocycles. The van der Waals surface area contributed by atoms with Crippen LogP contribution in [0.3, 0.4) is 0 Å². The summed E-state index contributed by atoms with van der Waals surface area (Å²) >= 11 is 0. The lowest BCUT2D eigenvalue weighted by molar-refractivity contribution is 0.571. The lowest BCUT2D eigenvalue weighted by Gasteiger charge is -2.24. The van der Waals surface area contributed by atoms with Gasteiger partial charge in [0.25, 0.3) is 0 Å². The van der Waals surface area contributed by atoms with Crippen LogP contribution < -0.4 is 20.8 Å². The molecule has 0 amide bonds. The van der Waals surface area contributed by atoms with Crippen molar-refractivity contribution in [2.75, 3.05) is 19.0 Å². The second-order valence-corrected chi connectivity index (χ2v) is 8.92. The van der Waals surface area contributed by atoms with Gasteiger partial charge < -0.3 is 4.90 Å². The van der Waals surface area contributed by atoms with Crippen molar-refractivity contribution in [2.45, 2.75) is 0 Å². The zero-order valence-electron chi connectivity index (χ0n) is 13.9. The molecule has 3 aromatic rings. The van der Waals surface area contributed by atoms with Crippen LogP contribution in [0.1, 0.15) is 4.28 Å². The second kappa shape index (κ2) is 6.93. The maximum absolute atomic E-state index is 12.4. The highest BCUT2D eigenvalue weighted by Gasteiger charge is 2.26. The summed E-state index contributed by atoms with van der Waals surface area (Å²) in [6.07, 6.45) is 0. The van der Waals surface area contributed by atoms with E-state index in [1.807, 2.05) is 74.8 Å². The van der Waals surface area contributed by atoms with Gasteiger partial charge in [-0.15, -0.1) is 0 Å². The van der Waals surface area contributed by atoms with Crippen molar-refractivity contribution in [3.63, 3.8) is 0 Å². The smallest absolute Gasteiger partial charge is 0.128 e. The molecule has 0 saturated heterocycles. The van der Waals surface area contributed by atoms with Crippen LogP contribution in [0, 0.1) is 0 Å². The SMILES string of the molecule is CN(C)c1ccc(P(=C=O)(c2ccccc2)c2ccccc2)cc1.[HH].[HH].[HH]. The Bertz CT molecular complexity index is 850. The highest BCUT2D eigenvalue weighted by molar-refractivity contribution is 7.93. The van der Waals surface area contributed by atoms with Crippen LogP contribution in [0.2, 0.25) is 0 Å². The van der Waals surface area contributed by atoms with Gasteiger partial charge in [0, 0.05) is 24.1 Å². The first-order valence-electron chi connectivity index (χ1n) is 7.86. The van der Waals surface area contributed by atoms with Crippen LogP contribution in [0.15, 0.2) is 84.9 Å². The van der Waals surface area contributed by atoms with E-state index in [4.69, 9.17) is 0 Å². The normalized spacial score (nSPS) is 10.9. The molecule has 24 heavy (non-hydrogen) atoms. The van der Waals surface area contributed by atoms with E-state index in [0.29, 0.717) is 0 Å². The molecule has 0 unspecified atom stereocenters. The first kappa shape index (κ1) is 16.3. The van der Waals surface area contributed by atoms with Crippen molar-refractivity contribution in [3.8, 4) is 0 Å². The molecule has 0 aliphatic heterocycles. The van der Waals surface area contributed by atoms with Gasteiger partial charge in [0.05, 0.1) is 6.89 Å². The number of nitrogens with zero attached hydrogens (tertiary/aromatic N) is 1. The molecular formula is C21H26NOP. The fourth-order valence-electron chi connectivity index (χ4n) is 2.88. The summed E-state index contributed by atoms with van der Waals surface area (Å²) in [4.78, 5) is 14.4. The van der Waals surface area contributed by atoms with Crippen molar-refractivity contribution in [3.05, 3.63) is 84.9 Å². The summed E-state index contributed by atoms with van der Waals surface area (Å²) in [7, 11) is 4.02. The van der Waals surface area contributed by atoms with Crippen molar-refractivity contribution < 1.29 is 9.07 Å². The van der Waals surface area contributed by atoms with Crippen LogP contribution >= 0.6 is 6.89 Å². The molecule has 0 heterocycles. The zero-order chi connectivity index (χ0) is 17.0. The van der Waals surface area contributed by atoms with Crippen molar-refractivity contribution in [1.29, 1.82) is 0 Å². The molecule has 2 nitrogen and oxygen atoms in total. The van der Waals surface area contributed by atoms with Crippen LogP contribution in [-0.4, -0.2) is 19.8 Å². The minimum atomic E-state index is -2.41. The minimum Gasteiger partial charge on any atom is -0.378 e. The number of hydrogen-bond donors (Lipinski definition) is 0. The summed E-state index contributed by atoms with van der Waals surface area (Å²) < 4.78 is 0. The summed E-state index contributed by atoms with van der Waals surface area (Å²) in [6, 6.07) is 28.3. The number of rotatable bonds is 4. The van der Waals surface area contributed by atoms with E-state index in [0.717, 1.165) is 21.6 Å². The van der Waals surface area contributed by atoms with Crippen molar-refractivity contribution >= 4 is 34.1 Å². The van der Waals surface area contributed by atoms with Crippen LogP contribution in [0.5, 0.6) is 0 Å². The van der Waals surface area contributed by atoms with Gasteiger partial charge in [0.15, 0.2) is 0 Å². The van der Waals surface area contributed by atoms with E-state index >= 15 is 0 Å². The van der Waals surface area contributed by atoms with Crippen molar-refractivity contribution in [1.82, 2.24) is 0 Å². The highest BCUT2D eigenvalue weighted by Crippen LogP contribution is 2.42. The van der Waals surface area contributed by atoms with Gasteiger partial charge in [-0.2, -0.15) is 0 Å². The Morgan fingerprint density at radius 2 is 1.12 bits per heavy atom. The van der Waals surface area contributed by atoms with Crippen LogP contribution in [0.4, 0.5) is 5.69 Å². The molecule has 0 aliphatic carbocycles. The Morgan fingerprint density at radius 3 is 1.50 bits per heavy atom. The minimum absolute atomic E-state index is 0. The monoisotopic (exact) mass is 339 g/mol. The number of carbonyl (C=O) groups excluding carboxylic acids is 1. The standard InChI is InChI=1S/C21H20NOP.3H2/c1-22(2)18-13-15-21(16-14-18)24(17-23,19-9-5-3-6-10-19)20-11-7-4-8-12-20;;;/h3-16H,1-2H3;3*1H. The average molecular weight is 339 g/mol. The Morgan fingerprint density at radius 1 is 0.708 bits per heavy atom. The average Bonchev–Trinajstić information content (AvgIpc) is 2.65. The number of hydrogen-bond acceptors (Lipinski definition) is 2. The molecule has 0 fully saturated rings. The van der Waals surface area contributed by atoms with Gasteiger partial charge in [-0.05, 0) is 28.0 Å². The third kappa shape index (κ3) is 2.83. The van der Waals surface area contributed by atoms with Crippen LogP contribution in [-0.2, 0) is 4.79 Å². The van der Waals surface area contributed by atoms with E-state index in [1.54, 1.807) is 0 Å². The molecular weight excluding hydrogens is 313 g/mol. The van der Waals surface area contributed by atoms with Gasteiger partial charge >= 0.3 is 0 Å². The van der Waals surface area contributed by atoms with Gasteiger partial charge in [0.2, 0.25) is 0 Å². The molecule has 0 aliphatic rings. The molecule has 3 rings (SSSR count). The maximum atomic E-state index is 12.4. The topological polar surface area (TPSA) is 20.3 Å². The largest absolute Gasteiger partial charge is 0.378 e. The predicted molar refractivity (Wildman–Crippen MR) is 112 cm³/mol. The molecule has 0 bridgehead atoms. The fourth-order valence-corrected chi connectivity index (χ4v) is 5.93. The molecule has 0 radical (unpaired) electrons. The van der Waals surface area contributed by atoms with E-state index in [-0.39, 0.29) is 4.28 Å². The predicted octanol–water partition coefficient (Wildman–Crippen LogP) is 3.85. The summed E-state index contributed by atoms with van der Waals surface area (Å²) in [5, 5.41) is 3.09. The molecule has 0 spiro atoms. The van der Waals surface area contributed by atoms with Gasteiger partial charge in [-0.25, -0.2) is 4.79 Å². The van der Waals surface area contributed by atoms with Gasteiger partial charge in [0.1, 0.15) is 5.66 Å². The summed E-state index contributed by atoms with van der Waals surface area (Å²) in [5.41, 5.74) is 3.58. The van der Waals surface area contributed by atoms with E-state index in [1.165, 1.54) is 0 Å². The van der Waals surface area contributed by atoms with Crippen LogP contribution in [0.25, 0.3) is 0 Å². The van der Waals surface area contributed by atoms with Gasteiger partial charge in [-0.1, -0.05) is 72.8 Å². The molecule has 0 N–H and O–H groups in total. The molecule has 3 aromatic carbocycles. The van der Waals surface area contributed by atoms with Crippen molar-refractivity contribution in [2.24, 2.45) is 0 Å². The molecule has 0 atom stereocenters. The van der Waals surface area contributed by atoms with E-state index in [9.17, 15) is 4.79 Å². The van der Waals surface area contributed by atoms with E-state index in [2.05, 4.69) is 34.8 Å². The molecule has 3 heteroatoms. The second-order valence-electron chi connectivity index (χ2n) is 5.84. The first-order valence-corrected chi connectivity index (χ1v) is 9.65.